The number of hydrogen-bond acceptors (Lipinski definition) is 3. The monoisotopic (exact) mass is 257 g/mol. The molecule has 1 rings (SSSR count). The molecular weight excluding hydrogens is 238 g/mol. The molecule has 5 heteroatoms. The van der Waals surface area contributed by atoms with Crippen LogP contribution in [0.3, 0.4) is 0 Å². The molecule has 0 saturated carbocycles. The van der Waals surface area contributed by atoms with Crippen molar-refractivity contribution in [1.29, 1.82) is 0 Å². The van der Waals surface area contributed by atoms with Gasteiger partial charge in [-0.05, 0) is 17.5 Å². The molecule has 0 unspecified atom stereocenters. The number of nitrogens with two attached hydrogens (primary N) is 1. The smallest absolute Gasteiger partial charge is 0.211 e. The molecule has 0 aliphatic carbocycles. The molecule has 0 bridgehead atoms. The second-order valence-electron chi connectivity index (χ2n) is 3.99. The molecular formula is C12H19NO3S. The standard InChI is InChI=1S/C12H19NO3S/c1-2-4-11-5-3-6-12(9-11)10-16-7-8-17(13,14)15/h3,5-6,9H,2,4,7-8,10H2,1H3,(H2,13,14,15). The summed E-state index contributed by atoms with van der Waals surface area (Å²) >= 11 is 0. The lowest BCUT2D eigenvalue weighted by Gasteiger charge is -2.05. The van der Waals surface area contributed by atoms with Crippen molar-refractivity contribution in [3.63, 3.8) is 0 Å². The summed E-state index contributed by atoms with van der Waals surface area (Å²) in [7, 11) is -3.42. The van der Waals surface area contributed by atoms with Gasteiger partial charge >= 0.3 is 0 Å². The summed E-state index contributed by atoms with van der Waals surface area (Å²) in [5.41, 5.74) is 2.34. The van der Waals surface area contributed by atoms with Gasteiger partial charge in [-0.2, -0.15) is 0 Å². The first-order chi connectivity index (χ1) is 8.01. The van der Waals surface area contributed by atoms with E-state index in [0.29, 0.717) is 6.61 Å². The minimum absolute atomic E-state index is 0.136. The number of ether oxygens (including phenoxy) is 1. The highest BCUT2D eigenvalue weighted by molar-refractivity contribution is 7.89. The first-order valence-corrected chi connectivity index (χ1v) is 7.39. The predicted octanol–water partition coefficient (Wildman–Crippen LogP) is 1.44. The average molecular weight is 257 g/mol. The van der Waals surface area contributed by atoms with Crippen LogP contribution in [-0.4, -0.2) is 20.8 Å². The normalized spacial score (nSPS) is 11.6. The Labute approximate surface area is 103 Å². The molecule has 0 aromatic heterocycles. The fraction of sp³-hybridized carbons (Fsp3) is 0.500. The minimum atomic E-state index is -3.42. The third-order valence-electron chi connectivity index (χ3n) is 2.31. The van der Waals surface area contributed by atoms with E-state index in [1.807, 2.05) is 12.1 Å². The molecule has 0 aliphatic rings. The number of aryl methyl sites for hydroxylation is 1. The van der Waals surface area contributed by atoms with Crippen LogP contribution in [0, 0.1) is 0 Å². The van der Waals surface area contributed by atoms with Crippen molar-refractivity contribution in [2.24, 2.45) is 5.14 Å². The van der Waals surface area contributed by atoms with Gasteiger partial charge in [0.2, 0.25) is 10.0 Å². The molecule has 0 saturated heterocycles. The van der Waals surface area contributed by atoms with Crippen LogP contribution in [0.5, 0.6) is 0 Å². The predicted molar refractivity (Wildman–Crippen MR) is 68.1 cm³/mol. The lowest BCUT2D eigenvalue weighted by atomic mass is 10.1. The maximum Gasteiger partial charge on any atom is 0.211 e. The van der Waals surface area contributed by atoms with Crippen LogP contribution < -0.4 is 5.14 Å². The van der Waals surface area contributed by atoms with Crippen molar-refractivity contribution in [1.82, 2.24) is 0 Å². The minimum Gasteiger partial charge on any atom is -0.376 e. The van der Waals surface area contributed by atoms with Crippen LogP contribution in [0.4, 0.5) is 0 Å². The summed E-state index contributed by atoms with van der Waals surface area (Å²) in [6, 6.07) is 8.12. The molecule has 0 spiro atoms. The second kappa shape index (κ2) is 6.74. The molecule has 0 aliphatic heterocycles. The van der Waals surface area contributed by atoms with Crippen LogP contribution in [0.1, 0.15) is 24.5 Å². The van der Waals surface area contributed by atoms with E-state index < -0.39 is 10.0 Å². The SMILES string of the molecule is CCCc1cccc(COCCS(N)(=O)=O)c1. The Morgan fingerprint density at radius 1 is 1.29 bits per heavy atom. The van der Waals surface area contributed by atoms with Gasteiger partial charge in [-0.25, -0.2) is 13.6 Å². The Balaban J connectivity index is 2.38. The van der Waals surface area contributed by atoms with E-state index in [0.717, 1.165) is 18.4 Å². The van der Waals surface area contributed by atoms with Gasteiger partial charge < -0.3 is 4.74 Å². The zero-order valence-electron chi connectivity index (χ0n) is 10.1. The highest BCUT2D eigenvalue weighted by atomic mass is 32.2. The van der Waals surface area contributed by atoms with Crippen LogP contribution >= 0.6 is 0 Å². The fourth-order valence-corrected chi connectivity index (χ4v) is 1.88. The summed E-state index contributed by atoms with van der Waals surface area (Å²) < 4.78 is 26.6. The number of sulfonamides is 1. The highest BCUT2D eigenvalue weighted by Gasteiger charge is 2.02. The second-order valence-corrected chi connectivity index (χ2v) is 5.72. The van der Waals surface area contributed by atoms with Crippen molar-refractivity contribution >= 4 is 10.0 Å². The molecule has 0 fully saturated rings. The Kier molecular flexibility index (Phi) is 5.61. The molecule has 2 N–H and O–H groups in total. The third-order valence-corrected chi connectivity index (χ3v) is 3.05. The number of primary sulfonamides is 1. The van der Waals surface area contributed by atoms with Crippen LogP contribution in [0.25, 0.3) is 0 Å². The fourth-order valence-electron chi connectivity index (χ4n) is 1.53. The highest BCUT2D eigenvalue weighted by Crippen LogP contribution is 2.08. The Hall–Kier alpha value is -0.910. The molecule has 1 aromatic rings. The van der Waals surface area contributed by atoms with E-state index in [4.69, 9.17) is 9.88 Å². The van der Waals surface area contributed by atoms with Crippen LogP contribution in [-0.2, 0) is 27.8 Å². The summed E-state index contributed by atoms with van der Waals surface area (Å²) in [6.45, 7) is 2.69. The van der Waals surface area contributed by atoms with Gasteiger partial charge in [-0.1, -0.05) is 37.6 Å². The first kappa shape index (κ1) is 14.2. The molecule has 1 aromatic carbocycles. The molecule has 0 atom stereocenters. The van der Waals surface area contributed by atoms with Crippen molar-refractivity contribution in [2.45, 2.75) is 26.4 Å². The lowest BCUT2D eigenvalue weighted by molar-refractivity contribution is 0.135. The summed E-state index contributed by atoms with van der Waals surface area (Å²) in [4.78, 5) is 0. The number of hydrogen-bond donors (Lipinski definition) is 1. The van der Waals surface area contributed by atoms with Crippen LogP contribution in [0.15, 0.2) is 24.3 Å². The Morgan fingerprint density at radius 2 is 2.00 bits per heavy atom. The largest absolute Gasteiger partial charge is 0.376 e. The van der Waals surface area contributed by atoms with E-state index in [1.54, 1.807) is 0 Å². The zero-order chi connectivity index (χ0) is 12.7. The van der Waals surface area contributed by atoms with Gasteiger partial charge in [0.25, 0.3) is 0 Å². The van der Waals surface area contributed by atoms with Gasteiger partial charge in [-0.3, -0.25) is 0 Å². The van der Waals surface area contributed by atoms with Gasteiger partial charge in [0.15, 0.2) is 0 Å². The quantitative estimate of drug-likeness (QED) is 0.751. The average Bonchev–Trinajstić information content (AvgIpc) is 2.24. The molecule has 96 valence electrons. The molecule has 0 radical (unpaired) electrons. The van der Waals surface area contributed by atoms with E-state index in [9.17, 15) is 8.42 Å². The van der Waals surface area contributed by atoms with E-state index >= 15 is 0 Å². The van der Waals surface area contributed by atoms with Crippen molar-refractivity contribution in [2.75, 3.05) is 12.4 Å². The maximum absolute atomic E-state index is 10.7. The van der Waals surface area contributed by atoms with Gasteiger partial charge in [0, 0.05) is 0 Å². The van der Waals surface area contributed by atoms with Crippen molar-refractivity contribution in [3.8, 4) is 0 Å². The van der Waals surface area contributed by atoms with E-state index in [-0.39, 0.29) is 12.4 Å². The Morgan fingerprint density at radius 3 is 2.65 bits per heavy atom. The summed E-state index contributed by atoms with van der Waals surface area (Å²) in [5, 5.41) is 4.87. The summed E-state index contributed by atoms with van der Waals surface area (Å²) in [6.07, 6.45) is 2.15. The molecule has 4 nitrogen and oxygen atoms in total. The first-order valence-electron chi connectivity index (χ1n) is 5.67. The lowest BCUT2D eigenvalue weighted by Crippen LogP contribution is -2.20. The maximum atomic E-state index is 10.7. The van der Waals surface area contributed by atoms with Crippen molar-refractivity contribution in [3.05, 3.63) is 35.4 Å². The number of benzene rings is 1. The van der Waals surface area contributed by atoms with Gasteiger partial charge in [0.05, 0.1) is 19.0 Å². The van der Waals surface area contributed by atoms with Crippen LogP contribution in [0.2, 0.25) is 0 Å². The number of rotatable bonds is 7. The topological polar surface area (TPSA) is 69.4 Å². The van der Waals surface area contributed by atoms with E-state index in [1.165, 1.54) is 5.56 Å². The zero-order valence-corrected chi connectivity index (χ0v) is 10.9. The third kappa shape index (κ3) is 6.41. The summed E-state index contributed by atoms with van der Waals surface area (Å²) in [5.74, 6) is -0.137. The Bertz CT molecular complexity index is 443. The molecule has 17 heavy (non-hydrogen) atoms. The van der Waals surface area contributed by atoms with Gasteiger partial charge in [0.1, 0.15) is 0 Å². The van der Waals surface area contributed by atoms with E-state index in [2.05, 4.69) is 19.1 Å². The van der Waals surface area contributed by atoms with Crippen molar-refractivity contribution < 1.29 is 13.2 Å². The molecule has 0 amide bonds. The van der Waals surface area contributed by atoms with Gasteiger partial charge in [-0.15, -0.1) is 0 Å². The molecule has 0 heterocycles.